The summed E-state index contributed by atoms with van der Waals surface area (Å²) in [6.07, 6.45) is 5.46. The van der Waals surface area contributed by atoms with Gasteiger partial charge in [-0.3, -0.25) is 4.79 Å². The third-order valence-electron chi connectivity index (χ3n) is 4.77. The van der Waals surface area contributed by atoms with E-state index in [1.807, 2.05) is 12.1 Å². The summed E-state index contributed by atoms with van der Waals surface area (Å²) in [6.45, 7) is 2.49. The number of hydrogen-bond acceptors (Lipinski definition) is 3. The average Bonchev–Trinajstić information content (AvgIpc) is 3.10. The normalized spacial score (nSPS) is 14.6. The Balaban J connectivity index is 1.43. The second-order valence-corrected chi connectivity index (χ2v) is 6.67. The molecule has 0 aliphatic carbocycles. The fourth-order valence-corrected chi connectivity index (χ4v) is 3.37. The first-order valence-corrected chi connectivity index (χ1v) is 8.95. The molecule has 1 fully saturated rings. The number of nitrogens with one attached hydrogen (secondary N) is 2. The van der Waals surface area contributed by atoms with Gasteiger partial charge in [-0.15, -0.1) is 0 Å². The van der Waals surface area contributed by atoms with Gasteiger partial charge in [0.05, 0.1) is 0 Å². The Hall–Kier alpha value is -2.89. The number of carbonyl (C=O) groups is 1. The number of amides is 1. The summed E-state index contributed by atoms with van der Waals surface area (Å²) in [5, 5.41) is 3.60. The highest BCUT2D eigenvalue weighted by molar-refractivity contribution is 5.97. The lowest BCUT2D eigenvalue weighted by Gasteiger charge is -2.27. The molecule has 0 spiro atoms. The molecule has 5 nitrogen and oxygen atoms in total. The molecule has 0 bridgehead atoms. The highest BCUT2D eigenvalue weighted by Crippen LogP contribution is 2.19. The molecule has 134 valence electrons. The number of halogens is 1. The number of anilines is 1. The van der Waals surface area contributed by atoms with Crippen molar-refractivity contribution in [3.8, 4) is 0 Å². The summed E-state index contributed by atoms with van der Waals surface area (Å²) >= 11 is 0. The van der Waals surface area contributed by atoms with E-state index in [0.29, 0.717) is 17.6 Å². The molecule has 1 aliphatic heterocycles. The van der Waals surface area contributed by atoms with Crippen molar-refractivity contribution in [1.29, 1.82) is 0 Å². The van der Waals surface area contributed by atoms with E-state index < -0.39 is 0 Å². The average molecular weight is 352 g/mol. The van der Waals surface area contributed by atoms with Gasteiger partial charge in [0, 0.05) is 36.7 Å². The van der Waals surface area contributed by atoms with Crippen molar-refractivity contribution in [2.45, 2.75) is 25.8 Å². The van der Waals surface area contributed by atoms with Crippen molar-refractivity contribution < 1.29 is 9.18 Å². The molecule has 2 aromatic heterocycles. The van der Waals surface area contributed by atoms with Crippen LogP contribution in [0.25, 0.3) is 10.9 Å². The molecule has 3 heterocycles. The highest BCUT2D eigenvalue weighted by Gasteiger charge is 2.13. The lowest BCUT2D eigenvalue weighted by molar-refractivity contribution is 0.0946. The molecule has 26 heavy (non-hydrogen) atoms. The van der Waals surface area contributed by atoms with Gasteiger partial charge < -0.3 is 15.2 Å². The van der Waals surface area contributed by atoms with E-state index >= 15 is 0 Å². The van der Waals surface area contributed by atoms with Crippen molar-refractivity contribution in [3.63, 3.8) is 0 Å². The number of pyridine rings is 1. The van der Waals surface area contributed by atoms with Gasteiger partial charge >= 0.3 is 0 Å². The fourth-order valence-electron chi connectivity index (χ4n) is 3.37. The Morgan fingerprint density at radius 2 is 2.00 bits per heavy atom. The van der Waals surface area contributed by atoms with E-state index in [9.17, 15) is 9.18 Å². The molecular weight excluding hydrogens is 331 g/mol. The van der Waals surface area contributed by atoms with E-state index in [4.69, 9.17) is 0 Å². The van der Waals surface area contributed by atoms with E-state index in [0.717, 1.165) is 30.0 Å². The third kappa shape index (κ3) is 3.54. The summed E-state index contributed by atoms with van der Waals surface area (Å²) in [7, 11) is 0. The molecule has 4 rings (SSSR count). The predicted octanol–water partition coefficient (Wildman–Crippen LogP) is 3.62. The van der Waals surface area contributed by atoms with Gasteiger partial charge in [-0.05, 0) is 61.2 Å². The van der Waals surface area contributed by atoms with Crippen LogP contribution >= 0.6 is 0 Å². The molecule has 3 aromatic rings. The van der Waals surface area contributed by atoms with Crippen LogP contribution in [-0.4, -0.2) is 29.0 Å². The van der Waals surface area contributed by atoms with Crippen LogP contribution in [0, 0.1) is 5.82 Å². The van der Waals surface area contributed by atoms with Gasteiger partial charge in [0.1, 0.15) is 17.3 Å². The number of hydrogen-bond donors (Lipinski definition) is 2. The Bertz CT molecular complexity index is 930. The van der Waals surface area contributed by atoms with E-state index in [2.05, 4.69) is 20.2 Å². The molecule has 0 unspecified atom stereocenters. The Morgan fingerprint density at radius 3 is 2.85 bits per heavy atom. The van der Waals surface area contributed by atoms with Crippen molar-refractivity contribution in [2.75, 3.05) is 18.0 Å². The third-order valence-corrected chi connectivity index (χ3v) is 4.77. The first-order chi connectivity index (χ1) is 12.7. The van der Waals surface area contributed by atoms with Gasteiger partial charge in [-0.1, -0.05) is 0 Å². The lowest BCUT2D eigenvalue weighted by Crippen LogP contribution is -2.30. The quantitative estimate of drug-likeness (QED) is 0.754. The zero-order valence-corrected chi connectivity index (χ0v) is 14.5. The number of nitrogens with zero attached hydrogens (tertiary/aromatic N) is 2. The molecule has 6 heteroatoms. The molecule has 2 N–H and O–H groups in total. The predicted molar refractivity (Wildman–Crippen MR) is 99.7 cm³/mol. The van der Waals surface area contributed by atoms with Crippen LogP contribution in [-0.2, 0) is 6.54 Å². The largest absolute Gasteiger partial charge is 0.357 e. The first-order valence-electron chi connectivity index (χ1n) is 8.95. The second kappa shape index (κ2) is 7.15. The number of carbonyl (C=O) groups excluding carboxylic acids is 1. The van der Waals surface area contributed by atoms with Gasteiger partial charge in [0.25, 0.3) is 5.91 Å². The molecule has 1 aromatic carbocycles. The first kappa shape index (κ1) is 16.6. The number of aromatic nitrogens is 2. The number of piperidine rings is 1. The van der Waals surface area contributed by atoms with Crippen LogP contribution in [0.5, 0.6) is 0 Å². The molecular formula is C20H21FN4O. The zero-order valence-electron chi connectivity index (χ0n) is 14.5. The van der Waals surface area contributed by atoms with E-state index in [1.165, 1.54) is 31.4 Å². The topological polar surface area (TPSA) is 61.0 Å². The number of aromatic amines is 1. The summed E-state index contributed by atoms with van der Waals surface area (Å²) in [6, 6.07) is 10.0. The van der Waals surface area contributed by atoms with Crippen LogP contribution in [0.1, 0.15) is 35.3 Å². The minimum Gasteiger partial charge on any atom is -0.357 e. The highest BCUT2D eigenvalue weighted by atomic mass is 19.1. The Labute approximate surface area is 151 Å². The van der Waals surface area contributed by atoms with Crippen LogP contribution in [0.3, 0.4) is 0 Å². The minimum atomic E-state index is -0.314. The summed E-state index contributed by atoms with van der Waals surface area (Å²) in [4.78, 5) is 22.2. The summed E-state index contributed by atoms with van der Waals surface area (Å²) in [5.74, 6) is 0.445. The monoisotopic (exact) mass is 352 g/mol. The zero-order chi connectivity index (χ0) is 17.9. The maximum atomic E-state index is 13.3. The molecule has 1 saturated heterocycles. The van der Waals surface area contributed by atoms with Crippen LogP contribution in [0.15, 0.2) is 42.6 Å². The summed E-state index contributed by atoms with van der Waals surface area (Å²) < 4.78 is 13.3. The SMILES string of the molecule is O=C(NCc1ccnc(N2CCCCC2)c1)c1cc2cc(F)ccc2[nH]1. The van der Waals surface area contributed by atoms with Gasteiger partial charge in [-0.2, -0.15) is 0 Å². The minimum absolute atomic E-state index is 0.210. The molecule has 0 atom stereocenters. The van der Waals surface area contributed by atoms with Crippen molar-refractivity contribution in [3.05, 3.63) is 59.7 Å². The Kier molecular flexibility index (Phi) is 4.56. The molecule has 0 saturated carbocycles. The lowest BCUT2D eigenvalue weighted by atomic mass is 10.1. The molecule has 0 radical (unpaired) electrons. The van der Waals surface area contributed by atoms with E-state index in [-0.39, 0.29) is 11.7 Å². The summed E-state index contributed by atoms with van der Waals surface area (Å²) in [5.41, 5.74) is 2.18. The van der Waals surface area contributed by atoms with Crippen molar-refractivity contribution in [1.82, 2.24) is 15.3 Å². The standard InChI is InChI=1S/C20H21FN4O/c21-16-4-5-17-15(11-16)12-18(24-17)20(26)23-13-14-6-7-22-19(10-14)25-8-2-1-3-9-25/h4-7,10-12,24H,1-3,8-9,13H2,(H,23,26). The maximum Gasteiger partial charge on any atom is 0.267 e. The Morgan fingerprint density at radius 1 is 1.15 bits per heavy atom. The maximum absolute atomic E-state index is 13.3. The number of benzene rings is 1. The van der Waals surface area contributed by atoms with Crippen molar-refractivity contribution >= 4 is 22.6 Å². The van der Waals surface area contributed by atoms with Crippen LogP contribution in [0.4, 0.5) is 10.2 Å². The molecule has 1 aliphatic rings. The van der Waals surface area contributed by atoms with Crippen LogP contribution in [0.2, 0.25) is 0 Å². The number of H-pyrrole nitrogens is 1. The van der Waals surface area contributed by atoms with Crippen LogP contribution < -0.4 is 10.2 Å². The second-order valence-electron chi connectivity index (χ2n) is 6.67. The number of fused-ring (bicyclic) bond motifs is 1. The van der Waals surface area contributed by atoms with Crippen molar-refractivity contribution in [2.24, 2.45) is 0 Å². The van der Waals surface area contributed by atoms with Gasteiger partial charge in [-0.25, -0.2) is 9.37 Å². The van der Waals surface area contributed by atoms with E-state index in [1.54, 1.807) is 18.3 Å². The number of rotatable bonds is 4. The van der Waals surface area contributed by atoms with Gasteiger partial charge in [0.2, 0.25) is 0 Å². The fraction of sp³-hybridized carbons (Fsp3) is 0.300. The van der Waals surface area contributed by atoms with Gasteiger partial charge in [0.15, 0.2) is 0 Å². The smallest absolute Gasteiger partial charge is 0.267 e. The molecule has 1 amide bonds.